The maximum atomic E-state index is 12.5. The first-order chi connectivity index (χ1) is 11.5. The third-order valence-electron chi connectivity index (χ3n) is 4.63. The number of hydrogen-bond donors (Lipinski definition) is 1. The van der Waals surface area contributed by atoms with Crippen molar-refractivity contribution in [3.8, 4) is 0 Å². The molecule has 2 amide bonds. The van der Waals surface area contributed by atoms with E-state index < -0.39 is 0 Å². The number of rotatable bonds is 4. The van der Waals surface area contributed by atoms with Gasteiger partial charge in [-0.2, -0.15) is 0 Å². The minimum absolute atomic E-state index is 0.143. The van der Waals surface area contributed by atoms with Crippen LogP contribution >= 0.6 is 0 Å². The lowest BCUT2D eigenvalue weighted by Gasteiger charge is -2.20. The van der Waals surface area contributed by atoms with Gasteiger partial charge >= 0.3 is 6.03 Å². The molecule has 0 atom stereocenters. The molecule has 0 bridgehead atoms. The maximum Gasteiger partial charge on any atom is 0.321 e. The summed E-state index contributed by atoms with van der Waals surface area (Å²) in [5.41, 5.74) is 5.18. The molecule has 0 saturated heterocycles. The Morgan fingerprint density at radius 2 is 2.21 bits per heavy atom. The lowest BCUT2D eigenvalue weighted by atomic mass is 10.1. The molecule has 0 radical (unpaired) electrons. The van der Waals surface area contributed by atoms with Crippen molar-refractivity contribution < 1.29 is 9.32 Å². The van der Waals surface area contributed by atoms with Crippen molar-refractivity contribution in [1.29, 1.82) is 0 Å². The molecule has 2 aromatic rings. The Bertz CT molecular complexity index is 734. The highest BCUT2D eigenvalue weighted by molar-refractivity contribution is 5.90. The van der Waals surface area contributed by atoms with Crippen LogP contribution in [0.15, 0.2) is 22.7 Å². The summed E-state index contributed by atoms with van der Waals surface area (Å²) in [5, 5.41) is 6.91. The Morgan fingerprint density at radius 3 is 2.88 bits per heavy atom. The molecule has 1 aromatic carbocycles. The van der Waals surface area contributed by atoms with Gasteiger partial charge in [0.15, 0.2) is 0 Å². The standard InChI is InChI=1S/C18H24N4O2/c1-5-22-9-8-14-6-7-15(10-17(14)22)19-18(23)21(4)11-16-12(2)20-24-13(16)3/h6-7,10H,5,8-9,11H2,1-4H3,(H,19,23). The van der Waals surface area contributed by atoms with E-state index in [4.69, 9.17) is 4.52 Å². The van der Waals surface area contributed by atoms with Crippen LogP contribution in [-0.2, 0) is 13.0 Å². The van der Waals surface area contributed by atoms with E-state index >= 15 is 0 Å². The highest BCUT2D eigenvalue weighted by Gasteiger charge is 2.19. The van der Waals surface area contributed by atoms with Crippen LogP contribution in [0, 0.1) is 13.8 Å². The molecule has 1 N–H and O–H groups in total. The summed E-state index contributed by atoms with van der Waals surface area (Å²) in [4.78, 5) is 16.4. The molecule has 0 spiro atoms. The van der Waals surface area contributed by atoms with Gasteiger partial charge in [0, 0.05) is 37.1 Å². The van der Waals surface area contributed by atoms with Gasteiger partial charge in [0.05, 0.1) is 12.2 Å². The van der Waals surface area contributed by atoms with Crippen LogP contribution in [0.5, 0.6) is 0 Å². The number of benzene rings is 1. The second kappa shape index (κ2) is 6.55. The quantitative estimate of drug-likeness (QED) is 0.935. The van der Waals surface area contributed by atoms with Crippen LogP contribution in [0.4, 0.5) is 16.2 Å². The summed E-state index contributed by atoms with van der Waals surface area (Å²) in [6.45, 7) is 8.40. The van der Waals surface area contributed by atoms with Crippen molar-refractivity contribution in [1.82, 2.24) is 10.1 Å². The number of amides is 2. The van der Waals surface area contributed by atoms with Gasteiger partial charge in [-0.25, -0.2) is 4.79 Å². The number of urea groups is 1. The Hall–Kier alpha value is -2.50. The summed E-state index contributed by atoms with van der Waals surface area (Å²) < 4.78 is 5.15. The highest BCUT2D eigenvalue weighted by Crippen LogP contribution is 2.30. The third kappa shape index (κ3) is 3.09. The Balaban J connectivity index is 1.69. The van der Waals surface area contributed by atoms with E-state index in [2.05, 4.69) is 34.4 Å². The van der Waals surface area contributed by atoms with Crippen LogP contribution in [-0.4, -0.2) is 36.2 Å². The summed E-state index contributed by atoms with van der Waals surface area (Å²) in [6, 6.07) is 6.00. The average molecular weight is 328 g/mol. The lowest BCUT2D eigenvalue weighted by molar-refractivity contribution is 0.220. The van der Waals surface area contributed by atoms with Crippen molar-refractivity contribution in [3.63, 3.8) is 0 Å². The van der Waals surface area contributed by atoms with Gasteiger partial charge in [0.1, 0.15) is 5.76 Å². The first-order valence-electron chi connectivity index (χ1n) is 8.31. The highest BCUT2D eigenvalue weighted by atomic mass is 16.5. The first kappa shape index (κ1) is 16.4. The fraction of sp³-hybridized carbons (Fsp3) is 0.444. The summed E-state index contributed by atoms with van der Waals surface area (Å²) in [5.74, 6) is 0.753. The summed E-state index contributed by atoms with van der Waals surface area (Å²) >= 11 is 0. The van der Waals surface area contributed by atoms with E-state index in [1.165, 1.54) is 11.3 Å². The van der Waals surface area contributed by atoms with Crippen LogP contribution in [0.1, 0.15) is 29.5 Å². The molecule has 0 unspecified atom stereocenters. The van der Waals surface area contributed by atoms with Crippen molar-refractivity contribution in [3.05, 3.63) is 40.8 Å². The summed E-state index contributed by atoms with van der Waals surface area (Å²) in [6.07, 6.45) is 1.07. The molecule has 1 aliphatic heterocycles. The number of aryl methyl sites for hydroxylation is 2. The van der Waals surface area contributed by atoms with E-state index in [1.807, 2.05) is 19.9 Å². The number of fused-ring (bicyclic) bond motifs is 1. The fourth-order valence-electron chi connectivity index (χ4n) is 3.11. The molecular formula is C18H24N4O2. The number of nitrogens with one attached hydrogen (secondary N) is 1. The zero-order valence-electron chi connectivity index (χ0n) is 14.7. The molecule has 6 heteroatoms. The topological polar surface area (TPSA) is 61.6 Å². The van der Waals surface area contributed by atoms with Gasteiger partial charge in [-0.3, -0.25) is 0 Å². The lowest BCUT2D eigenvalue weighted by Crippen LogP contribution is -2.31. The van der Waals surface area contributed by atoms with E-state index in [-0.39, 0.29) is 6.03 Å². The molecule has 0 saturated carbocycles. The molecule has 1 aliphatic rings. The van der Waals surface area contributed by atoms with E-state index in [1.54, 1.807) is 11.9 Å². The Kier molecular flexibility index (Phi) is 4.46. The van der Waals surface area contributed by atoms with Gasteiger partial charge in [0.25, 0.3) is 0 Å². The maximum absolute atomic E-state index is 12.5. The van der Waals surface area contributed by atoms with Crippen molar-refractivity contribution >= 4 is 17.4 Å². The smallest absolute Gasteiger partial charge is 0.321 e. The van der Waals surface area contributed by atoms with E-state index in [0.29, 0.717) is 6.54 Å². The summed E-state index contributed by atoms with van der Waals surface area (Å²) in [7, 11) is 1.77. The fourth-order valence-corrected chi connectivity index (χ4v) is 3.11. The number of aromatic nitrogens is 1. The van der Waals surface area contributed by atoms with Gasteiger partial charge in [-0.05, 0) is 44.9 Å². The zero-order chi connectivity index (χ0) is 17.3. The van der Waals surface area contributed by atoms with Crippen molar-refractivity contribution in [2.24, 2.45) is 0 Å². The van der Waals surface area contributed by atoms with Gasteiger partial charge in [-0.1, -0.05) is 11.2 Å². The van der Waals surface area contributed by atoms with E-state index in [9.17, 15) is 4.79 Å². The molecule has 6 nitrogen and oxygen atoms in total. The first-order valence-corrected chi connectivity index (χ1v) is 8.31. The van der Waals surface area contributed by atoms with Crippen molar-refractivity contribution in [2.45, 2.75) is 33.7 Å². The van der Waals surface area contributed by atoms with E-state index in [0.717, 1.165) is 42.2 Å². The average Bonchev–Trinajstić information content (AvgIpc) is 3.12. The van der Waals surface area contributed by atoms with Crippen LogP contribution < -0.4 is 10.2 Å². The number of carbonyl (C=O) groups excluding carboxylic acids is 1. The minimum atomic E-state index is -0.143. The number of carbonyl (C=O) groups is 1. The predicted octanol–water partition coefficient (Wildman–Crippen LogP) is 3.34. The van der Waals surface area contributed by atoms with Gasteiger partial charge in [-0.15, -0.1) is 0 Å². The molecule has 128 valence electrons. The molecule has 2 heterocycles. The number of hydrogen-bond acceptors (Lipinski definition) is 4. The monoisotopic (exact) mass is 328 g/mol. The van der Waals surface area contributed by atoms with Gasteiger partial charge < -0.3 is 19.6 Å². The molecular weight excluding hydrogens is 304 g/mol. The normalized spacial score (nSPS) is 13.1. The van der Waals surface area contributed by atoms with Crippen LogP contribution in [0.2, 0.25) is 0 Å². The number of nitrogens with zero attached hydrogens (tertiary/aromatic N) is 3. The SMILES string of the molecule is CCN1CCc2ccc(NC(=O)N(C)Cc3c(C)noc3C)cc21. The molecule has 0 fully saturated rings. The molecule has 24 heavy (non-hydrogen) atoms. The number of likely N-dealkylation sites (N-methyl/N-ethyl adjacent to an activating group) is 1. The largest absolute Gasteiger partial charge is 0.371 e. The van der Waals surface area contributed by atoms with Crippen LogP contribution in [0.25, 0.3) is 0 Å². The molecule has 3 rings (SSSR count). The van der Waals surface area contributed by atoms with Crippen molar-refractivity contribution in [2.75, 3.05) is 30.4 Å². The second-order valence-electron chi connectivity index (χ2n) is 6.26. The minimum Gasteiger partial charge on any atom is -0.371 e. The second-order valence-corrected chi connectivity index (χ2v) is 6.26. The van der Waals surface area contributed by atoms with Gasteiger partial charge in [0.2, 0.25) is 0 Å². The van der Waals surface area contributed by atoms with Crippen LogP contribution in [0.3, 0.4) is 0 Å². The Labute approximate surface area is 142 Å². The predicted molar refractivity (Wildman–Crippen MR) is 94.5 cm³/mol. The molecule has 1 aromatic heterocycles. The Morgan fingerprint density at radius 1 is 1.42 bits per heavy atom. The third-order valence-corrected chi connectivity index (χ3v) is 4.63. The molecule has 0 aliphatic carbocycles. The zero-order valence-corrected chi connectivity index (χ0v) is 14.7. The number of anilines is 2.